The molecule has 1 aliphatic heterocycles. The Hall–Kier alpha value is -4.08. The number of fused-ring (bicyclic) bond motifs is 1. The van der Waals surface area contributed by atoms with Gasteiger partial charge >= 0.3 is 6.03 Å². The van der Waals surface area contributed by atoms with E-state index in [0.29, 0.717) is 41.4 Å². The van der Waals surface area contributed by atoms with Crippen LogP contribution >= 0.6 is 0 Å². The van der Waals surface area contributed by atoms with Crippen LogP contribution in [0.4, 0.5) is 35.2 Å². The summed E-state index contributed by atoms with van der Waals surface area (Å²) in [5.74, 6) is -0.788. The van der Waals surface area contributed by atoms with Crippen LogP contribution in [0.1, 0.15) is 24.4 Å². The predicted octanol–water partition coefficient (Wildman–Crippen LogP) is 5.13. The van der Waals surface area contributed by atoms with Crippen molar-refractivity contribution in [3.8, 4) is 0 Å². The Labute approximate surface area is 186 Å². The average molecular weight is 452 g/mol. The molecule has 0 bridgehead atoms. The van der Waals surface area contributed by atoms with Gasteiger partial charge in [0.15, 0.2) is 5.65 Å². The first-order valence-electron chi connectivity index (χ1n) is 10.4. The number of nitrogens with one attached hydrogen (secondary N) is 2. The lowest BCUT2D eigenvalue weighted by Crippen LogP contribution is -2.25. The first kappa shape index (κ1) is 20.8. The quantitative estimate of drug-likeness (QED) is 0.450. The van der Waals surface area contributed by atoms with Gasteiger partial charge in [-0.15, -0.1) is 0 Å². The Balaban J connectivity index is 1.40. The fraction of sp³-hybridized carbons (Fsp3) is 0.174. The summed E-state index contributed by atoms with van der Waals surface area (Å²) in [4.78, 5) is 18.9. The number of carbonyl (C=O) groups excluding carboxylic acids is 1. The van der Waals surface area contributed by atoms with Gasteiger partial charge in [0.1, 0.15) is 29.0 Å². The lowest BCUT2D eigenvalue weighted by Gasteiger charge is -2.26. The highest BCUT2D eigenvalue weighted by atomic mass is 19.1. The van der Waals surface area contributed by atoms with Crippen LogP contribution in [0.5, 0.6) is 0 Å². The molecule has 2 aromatic heterocycles. The van der Waals surface area contributed by atoms with Crippen molar-refractivity contribution in [2.45, 2.75) is 18.9 Å². The molecule has 0 saturated carbocycles. The van der Waals surface area contributed by atoms with E-state index in [4.69, 9.17) is 0 Å². The normalized spacial score (nSPS) is 15.7. The number of hydrogen-bond donors (Lipinski definition) is 2. The van der Waals surface area contributed by atoms with Crippen molar-refractivity contribution in [1.29, 1.82) is 0 Å². The summed E-state index contributed by atoms with van der Waals surface area (Å²) in [5.41, 5.74) is 1.48. The van der Waals surface area contributed by atoms with Crippen LogP contribution in [0.15, 0.2) is 60.9 Å². The maximum Gasteiger partial charge on any atom is 0.323 e. The molecular formula is C23H19F3N6O. The fourth-order valence-corrected chi connectivity index (χ4v) is 4.06. The van der Waals surface area contributed by atoms with Gasteiger partial charge in [0.05, 0.1) is 12.2 Å². The maximum atomic E-state index is 14.4. The molecule has 1 saturated heterocycles. The van der Waals surface area contributed by atoms with E-state index >= 15 is 0 Å². The highest BCUT2D eigenvalue weighted by molar-refractivity contribution is 6.01. The Morgan fingerprint density at radius 2 is 1.79 bits per heavy atom. The molecule has 0 unspecified atom stereocenters. The van der Waals surface area contributed by atoms with E-state index in [9.17, 15) is 18.0 Å². The van der Waals surface area contributed by atoms with Crippen molar-refractivity contribution in [2.24, 2.45) is 0 Å². The van der Waals surface area contributed by atoms with Gasteiger partial charge in [-0.25, -0.2) is 27.5 Å². The number of amides is 2. The predicted molar refractivity (Wildman–Crippen MR) is 118 cm³/mol. The Kier molecular flexibility index (Phi) is 5.33. The smallest absolute Gasteiger partial charge is 0.323 e. The number of benzene rings is 2. The lowest BCUT2D eigenvalue weighted by atomic mass is 10.0. The molecule has 2 N–H and O–H groups in total. The zero-order valence-electron chi connectivity index (χ0n) is 17.3. The van der Waals surface area contributed by atoms with Crippen LogP contribution < -0.4 is 15.5 Å². The van der Waals surface area contributed by atoms with Crippen LogP contribution in [0, 0.1) is 17.5 Å². The van der Waals surface area contributed by atoms with Crippen LogP contribution in [0.25, 0.3) is 5.65 Å². The number of hydrogen-bond acceptors (Lipinski definition) is 4. The van der Waals surface area contributed by atoms with Crippen molar-refractivity contribution < 1.29 is 18.0 Å². The average Bonchev–Trinajstić information content (AvgIpc) is 3.44. The van der Waals surface area contributed by atoms with Gasteiger partial charge in [0, 0.05) is 24.0 Å². The largest absolute Gasteiger partial charge is 0.349 e. The molecule has 168 valence electrons. The SMILES string of the molecule is O=C(Nc1ccc(F)cc1)Nc1cnn2ccc(N3CCC[C@@H]3c3cc(F)ccc3F)nc12. The minimum Gasteiger partial charge on any atom is -0.349 e. The van der Waals surface area contributed by atoms with E-state index < -0.39 is 23.5 Å². The molecule has 10 heteroatoms. The summed E-state index contributed by atoms with van der Waals surface area (Å²) in [6, 6.07) is 9.70. The molecule has 33 heavy (non-hydrogen) atoms. The van der Waals surface area contributed by atoms with Crippen molar-refractivity contribution in [3.63, 3.8) is 0 Å². The topological polar surface area (TPSA) is 74.6 Å². The summed E-state index contributed by atoms with van der Waals surface area (Å²) < 4.78 is 42.8. The second-order valence-electron chi connectivity index (χ2n) is 7.72. The first-order valence-corrected chi connectivity index (χ1v) is 10.4. The van der Waals surface area contributed by atoms with Crippen molar-refractivity contribution >= 4 is 28.9 Å². The van der Waals surface area contributed by atoms with E-state index in [-0.39, 0.29) is 6.04 Å². The maximum absolute atomic E-state index is 14.4. The van der Waals surface area contributed by atoms with E-state index in [1.54, 1.807) is 12.3 Å². The summed E-state index contributed by atoms with van der Waals surface area (Å²) in [7, 11) is 0. The van der Waals surface area contributed by atoms with Gasteiger partial charge in [-0.1, -0.05) is 0 Å². The Morgan fingerprint density at radius 1 is 1.00 bits per heavy atom. The molecular weight excluding hydrogens is 433 g/mol. The van der Waals surface area contributed by atoms with E-state index in [1.807, 2.05) is 4.90 Å². The van der Waals surface area contributed by atoms with E-state index in [0.717, 1.165) is 18.6 Å². The van der Waals surface area contributed by atoms with Gasteiger partial charge in [-0.3, -0.25) is 0 Å². The minimum absolute atomic E-state index is 0.291. The zero-order valence-corrected chi connectivity index (χ0v) is 17.3. The zero-order chi connectivity index (χ0) is 22.9. The molecule has 0 spiro atoms. The van der Waals surface area contributed by atoms with Crippen molar-refractivity contribution in [1.82, 2.24) is 14.6 Å². The third kappa shape index (κ3) is 4.19. The molecule has 7 nitrogen and oxygen atoms in total. The summed E-state index contributed by atoms with van der Waals surface area (Å²) >= 11 is 0. The number of nitrogens with zero attached hydrogens (tertiary/aromatic N) is 4. The molecule has 2 amide bonds. The lowest BCUT2D eigenvalue weighted by molar-refractivity contribution is 0.262. The number of aromatic nitrogens is 3. The second kappa shape index (κ2) is 8.45. The molecule has 4 aromatic rings. The third-order valence-corrected chi connectivity index (χ3v) is 5.57. The van der Waals surface area contributed by atoms with Gasteiger partial charge < -0.3 is 15.5 Å². The molecule has 1 aliphatic rings. The van der Waals surface area contributed by atoms with E-state index in [1.165, 1.54) is 41.0 Å². The van der Waals surface area contributed by atoms with Gasteiger partial charge in [0.2, 0.25) is 0 Å². The number of urea groups is 1. The number of anilines is 3. The molecule has 0 aliphatic carbocycles. The first-order chi connectivity index (χ1) is 16.0. The minimum atomic E-state index is -0.537. The van der Waals surface area contributed by atoms with Gasteiger partial charge in [-0.05, 0) is 61.4 Å². The molecule has 5 rings (SSSR count). The second-order valence-corrected chi connectivity index (χ2v) is 7.72. The van der Waals surface area contributed by atoms with Gasteiger partial charge in [0.25, 0.3) is 0 Å². The molecule has 1 atom stereocenters. The molecule has 1 fully saturated rings. The highest BCUT2D eigenvalue weighted by Crippen LogP contribution is 2.37. The van der Waals surface area contributed by atoms with Crippen molar-refractivity contribution in [2.75, 3.05) is 22.1 Å². The Morgan fingerprint density at radius 3 is 2.61 bits per heavy atom. The third-order valence-electron chi connectivity index (χ3n) is 5.57. The summed E-state index contributed by atoms with van der Waals surface area (Å²) in [5, 5.41) is 9.50. The number of halogens is 3. The van der Waals surface area contributed by atoms with Crippen LogP contribution in [-0.2, 0) is 0 Å². The Bertz CT molecular complexity index is 1320. The van der Waals surface area contributed by atoms with Crippen molar-refractivity contribution in [3.05, 3.63) is 83.9 Å². The molecule has 2 aromatic carbocycles. The summed E-state index contributed by atoms with van der Waals surface area (Å²) in [6.07, 6.45) is 4.62. The van der Waals surface area contributed by atoms with Crippen LogP contribution in [0.3, 0.4) is 0 Å². The standard InChI is InChI=1S/C23H19F3N6O/c24-14-3-6-16(7-4-14)28-23(33)29-19-13-27-32-11-9-21(30-22(19)32)31-10-1-2-20(31)17-12-15(25)5-8-18(17)26/h3-9,11-13,20H,1-2,10H2,(H2,28,29,33)/t20-/m1/s1. The number of rotatable bonds is 4. The van der Waals surface area contributed by atoms with Crippen LogP contribution in [-0.4, -0.2) is 27.2 Å². The van der Waals surface area contributed by atoms with Gasteiger partial charge in [-0.2, -0.15) is 5.10 Å². The monoisotopic (exact) mass is 452 g/mol. The molecule has 3 heterocycles. The highest BCUT2D eigenvalue weighted by Gasteiger charge is 2.30. The summed E-state index contributed by atoms with van der Waals surface area (Å²) in [6.45, 7) is 0.631. The number of carbonyl (C=O) groups is 1. The molecule has 0 radical (unpaired) electrons. The van der Waals surface area contributed by atoms with Crippen LogP contribution in [0.2, 0.25) is 0 Å². The fourth-order valence-electron chi connectivity index (χ4n) is 4.06. The van der Waals surface area contributed by atoms with E-state index in [2.05, 4.69) is 20.7 Å².